The molecular weight excluding hydrogens is 202 g/mol. The van der Waals surface area contributed by atoms with Gasteiger partial charge in [0, 0.05) is 25.7 Å². The molecule has 4 nitrogen and oxygen atoms in total. The van der Waals surface area contributed by atoms with Gasteiger partial charge in [-0.1, -0.05) is 0 Å². The molecule has 0 aromatic heterocycles. The molecule has 0 aromatic rings. The summed E-state index contributed by atoms with van der Waals surface area (Å²) in [7, 11) is 2.07. The van der Waals surface area contributed by atoms with Crippen molar-refractivity contribution in [3.05, 3.63) is 0 Å². The summed E-state index contributed by atoms with van der Waals surface area (Å²) in [6.45, 7) is 2.65. The van der Waals surface area contributed by atoms with Gasteiger partial charge in [-0.2, -0.15) is 5.26 Å². The summed E-state index contributed by atoms with van der Waals surface area (Å²) in [6, 6.07) is 2.90. The predicted molar refractivity (Wildman–Crippen MR) is 62.0 cm³/mol. The summed E-state index contributed by atoms with van der Waals surface area (Å²) in [6.07, 6.45) is 5.18. The van der Waals surface area contributed by atoms with Crippen LogP contribution in [0.5, 0.6) is 0 Å². The number of ether oxygens (including phenoxy) is 1. The number of likely N-dealkylation sites (N-methyl/N-ethyl adjacent to an activating group) is 1. The van der Waals surface area contributed by atoms with Crippen LogP contribution < -0.4 is 5.32 Å². The minimum absolute atomic E-state index is 0.0288. The minimum Gasteiger partial charge on any atom is -0.377 e. The largest absolute Gasteiger partial charge is 0.377 e. The third kappa shape index (κ3) is 3.75. The lowest BCUT2D eigenvalue weighted by Crippen LogP contribution is -2.42. The number of hydrogen-bond acceptors (Lipinski definition) is 4. The van der Waals surface area contributed by atoms with Crippen LogP contribution in [0, 0.1) is 11.3 Å². The Bertz CT molecular complexity index is 253. The monoisotopic (exact) mass is 223 g/mol. The van der Waals surface area contributed by atoms with Crippen molar-refractivity contribution in [1.29, 1.82) is 5.26 Å². The van der Waals surface area contributed by atoms with E-state index < -0.39 is 0 Å². The van der Waals surface area contributed by atoms with E-state index in [-0.39, 0.29) is 6.04 Å². The van der Waals surface area contributed by atoms with Crippen LogP contribution in [0.25, 0.3) is 0 Å². The average Bonchev–Trinajstić information content (AvgIpc) is 2.93. The van der Waals surface area contributed by atoms with Crippen molar-refractivity contribution < 1.29 is 4.74 Å². The first-order valence-corrected chi connectivity index (χ1v) is 6.23. The highest BCUT2D eigenvalue weighted by atomic mass is 16.5. The third-order valence-electron chi connectivity index (χ3n) is 3.20. The Hall–Kier alpha value is -0.630. The number of rotatable bonds is 6. The second-order valence-electron chi connectivity index (χ2n) is 4.98. The molecule has 0 aromatic carbocycles. The quantitative estimate of drug-likeness (QED) is 0.721. The van der Waals surface area contributed by atoms with E-state index in [1.54, 1.807) is 0 Å². The van der Waals surface area contributed by atoms with E-state index in [2.05, 4.69) is 23.3 Å². The van der Waals surface area contributed by atoms with Gasteiger partial charge < -0.3 is 9.64 Å². The topological polar surface area (TPSA) is 48.3 Å². The molecule has 1 heterocycles. The predicted octanol–water partition coefficient (Wildman–Crippen LogP) is 0.741. The second kappa shape index (κ2) is 5.62. The molecule has 0 radical (unpaired) electrons. The lowest BCUT2D eigenvalue weighted by molar-refractivity contribution is 0.0799. The van der Waals surface area contributed by atoms with E-state index in [9.17, 15) is 0 Å². The highest BCUT2D eigenvalue weighted by molar-refractivity contribution is 4.97. The summed E-state index contributed by atoms with van der Waals surface area (Å²) < 4.78 is 5.59. The molecule has 16 heavy (non-hydrogen) atoms. The first kappa shape index (κ1) is 11.8. The summed E-state index contributed by atoms with van der Waals surface area (Å²) in [5, 5.41) is 12.4. The molecule has 2 aliphatic rings. The molecule has 1 aliphatic heterocycles. The van der Waals surface area contributed by atoms with Crippen molar-refractivity contribution in [2.75, 3.05) is 26.7 Å². The standard InChI is InChI=1S/C12H21N3O/c1-15(9-12-3-2-6-16-12)8-11(7-13)14-10-4-5-10/h10-12,14H,2-6,8-9H2,1H3. The third-order valence-corrected chi connectivity index (χ3v) is 3.20. The van der Waals surface area contributed by atoms with Gasteiger partial charge in [0.05, 0.1) is 12.2 Å². The second-order valence-corrected chi connectivity index (χ2v) is 4.98. The Morgan fingerprint density at radius 2 is 2.31 bits per heavy atom. The zero-order chi connectivity index (χ0) is 11.4. The molecule has 1 aliphatic carbocycles. The zero-order valence-electron chi connectivity index (χ0n) is 9.98. The molecule has 2 rings (SSSR count). The highest BCUT2D eigenvalue weighted by Crippen LogP contribution is 2.19. The fourth-order valence-corrected chi connectivity index (χ4v) is 2.19. The van der Waals surface area contributed by atoms with Crippen molar-refractivity contribution in [2.45, 2.75) is 43.9 Å². The van der Waals surface area contributed by atoms with Crippen LogP contribution in [0.15, 0.2) is 0 Å². The Balaban J connectivity index is 1.67. The fourth-order valence-electron chi connectivity index (χ4n) is 2.19. The highest BCUT2D eigenvalue weighted by Gasteiger charge is 2.25. The van der Waals surface area contributed by atoms with Crippen LogP contribution in [0.2, 0.25) is 0 Å². The molecule has 1 saturated carbocycles. The first-order valence-electron chi connectivity index (χ1n) is 6.23. The van der Waals surface area contributed by atoms with Gasteiger partial charge in [0.15, 0.2) is 0 Å². The molecule has 4 heteroatoms. The van der Waals surface area contributed by atoms with Gasteiger partial charge in [-0.15, -0.1) is 0 Å². The molecule has 1 N–H and O–H groups in total. The summed E-state index contributed by atoms with van der Waals surface area (Å²) in [4.78, 5) is 2.21. The van der Waals surface area contributed by atoms with Gasteiger partial charge in [-0.05, 0) is 32.7 Å². The van der Waals surface area contributed by atoms with E-state index in [1.165, 1.54) is 19.3 Å². The van der Waals surface area contributed by atoms with Gasteiger partial charge >= 0.3 is 0 Å². The minimum atomic E-state index is -0.0288. The van der Waals surface area contributed by atoms with Crippen molar-refractivity contribution >= 4 is 0 Å². The number of hydrogen-bond donors (Lipinski definition) is 1. The van der Waals surface area contributed by atoms with E-state index in [0.717, 1.165) is 26.1 Å². The maximum absolute atomic E-state index is 9.04. The van der Waals surface area contributed by atoms with Gasteiger partial charge in [0.2, 0.25) is 0 Å². The number of nitrogens with one attached hydrogen (secondary N) is 1. The van der Waals surface area contributed by atoms with Crippen LogP contribution in [0.3, 0.4) is 0 Å². The normalized spacial score (nSPS) is 26.9. The summed E-state index contributed by atoms with van der Waals surface area (Å²) >= 11 is 0. The Kier molecular flexibility index (Phi) is 4.16. The van der Waals surface area contributed by atoms with Gasteiger partial charge in [0.25, 0.3) is 0 Å². The maximum Gasteiger partial charge on any atom is 0.108 e. The Morgan fingerprint density at radius 1 is 1.50 bits per heavy atom. The molecule has 0 bridgehead atoms. The smallest absolute Gasteiger partial charge is 0.108 e. The molecule has 2 unspecified atom stereocenters. The van der Waals surface area contributed by atoms with E-state index in [1.807, 2.05) is 0 Å². The Labute approximate surface area is 97.6 Å². The number of nitriles is 1. The average molecular weight is 223 g/mol. The summed E-state index contributed by atoms with van der Waals surface area (Å²) in [5.41, 5.74) is 0. The Morgan fingerprint density at radius 3 is 2.88 bits per heavy atom. The van der Waals surface area contributed by atoms with Gasteiger partial charge in [0.1, 0.15) is 6.04 Å². The molecule has 0 amide bonds. The summed E-state index contributed by atoms with van der Waals surface area (Å²) in [5.74, 6) is 0. The molecular formula is C12H21N3O. The van der Waals surface area contributed by atoms with Gasteiger partial charge in [-0.25, -0.2) is 0 Å². The van der Waals surface area contributed by atoms with E-state index >= 15 is 0 Å². The van der Waals surface area contributed by atoms with E-state index in [4.69, 9.17) is 10.00 Å². The lowest BCUT2D eigenvalue weighted by atomic mass is 10.2. The maximum atomic E-state index is 9.04. The molecule has 90 valence electrons. The van der Waals surface area contributed by atoms with E-state index in [0.29, 0.717) is 12.1 Å². The molecule has 2 atom stereocenters. The van der Waals surface area contributed by atoms with Crippen LogP contribution in [-0.2, 0) is 4.74 Å². The van der Waals surface area contributed by atoms with Crippen LogP contribution in [-0.4, -0.2) is 49.8 Å². The van der Waals surface area contributed by atoms with Crippen LogP contribution >= 0.6 is 0 Å². The first-order chi connectivity index (χ1) is 7.78. The van der Waals surface area contributed by atoms with Crippen LogP contribution in [0.1, 0.15) is 25.7 Å². The lowest BCUT2D eigenvalue weighted by Gasteiger charge is -2.23. The van der Waals surface area contributed by atoms with Crippen molar-refractivity contribution in [2.24, 2.45) is 0 Å². The van der Waals surface area contributed by atoms with Crippen molar-refractivity contribution in [3.63, 3.8) is 0 Å². The fraction of sp³-hybridized carbons (Fsp3) is 0.917. The number of nitrogens with zero attached hydrogens (tertiary/aromatic N) is 2. The molecule has 2 fully saturated rings. The van der Waals surface area contributed by atoms with Crippen molar-refractivity contribution in [3.8, 4) is 6.07 Å². The van der Waals surface area contributed by atoms with Gasteiger partial charge in [-0.3, -0.25) is 5.32 Å². The molecule has 1 saturated heterocycles. The van der Waals surface area contributed by atoms with Crippen molar-refractivity contribution in [1.82, 2.24) is 10.2 Å². The molecule has 0 spiro atoms. The SMILES string of the molecule is CN(CC(C#N)NC1CC1)CC1CCCO1. The van der Waals surface area contributed by atoms with Crippen LogP contribution in [0.4, 0.5) is 0 Å². The zero-order valence-corrected chi connectivity index (χ0v) is 9.98.